The molecule has 0 amide bonds. The van der Waals surface area contributed by atoms with Gasteiger partial charge in [-0.25, -0.2) is 0 Å². The lowest BCUT2D eigenvalue weighted by Crippen LogP contribution is -2.33. The van der Waals surface area contributed by atoms with Gasteiger partial charge in [0.15, 0.2) is 0 Å². The van der Waals surface area contributed by atoms with E-state index in [4.69, 9.17) is 0 Å². The van der Waals surface area contributed by atoms with Crippen LogP contribution in [0.15, 0.2) is 53.1 Å². The molecule has 1 aromatic carbocycles. The molecular weight excluding hydrogens is 340 g/mol. The zero-order chi connectivity index (χ0) is 18.9. The zero-order valence-corrected chi connectivity index (χ0v) is 17.0. The topological polar surface area (TPSA) is 6.25 Å². The average Bonchev–Trinajstić information content (AvgIpc) is 3.22. The molecule has 0 N–H and O–H groups in total. The van der Waals surface area contributed by atoms with E-state index < -0.39 is 0 Å². The van der Waals surface area contributed by atoms with Crippen LogP contribution in [0.1, 0.15) is 51.0 Å². The summed E-state index contributed by atoms with van der Waals surface area (Å²) in [5, 5.41) is 2.89. The first-order valence-corrected chi connectivity index (χ1v) is 11.0. The summed E-state index contributed by atoms with van der Waals surface area (Å²) in [7, 11) is 0. The molecule has 0 bridgehead atoms. The van der Waals surface area contributed by atoms with Crippen molar-refractivity contribution < 1.29 is 4.58 Å². The Morgan fingerprint density at radius 3 is 2.93 bits per heavy atom. The zero-order valence-electron chi connectivity index (χ0n) is 17.0. The van der Waals surface area contributed by atoms with Crippen LogP contribution in [0.3, 0.4) is 0 Å². The van der Waals surface area contributed by atoms with Crippen LogP contribution in [0, 0.1) is 0 Å². The first kappa shape index (κ1) is 17.7. The minimum absolute atomic E-state index is 0.496. The van der Waals surface area contributed by atoms with E-state index in [1.165, 1.54) is 54.5 Å². The van der Waals surface area contributed by atoms with Gasteiger partial charge in [0.05, 0.1) is 0 Å². The molecule has 0 saturated heterocycles. The van der Waals surface area contributed by atoms with E-state index in [0.717, 1.165) is 19.6 Å². The maximum absolute atomic E-state index is 2.57. The van der Waals surface area contributed by atoms with Gasteiger partial charge in [-0.05, 0) is 72.6 Å². The van der Waals surface area contributed by atoms with Gasteiger partial charge in [-0.3, -0.25) is 9.48 Å². The molecule has 0 aromatic heterocycles. The fourth-order valence-corrected chi connectivity index (χ4v) is 5.24. The van der Waals surface area contributed by atoms with Crippen molar-refractivity contribution in [2.75, 3.05) is 13.1 Å². The van der Waals surface area contributed by atoms with Crippen LogP contribution in [0.5, 0.6) is 0 Å². The van der Waals surface area contributed by atoms with E-state index in [9.17, 15) is 0 Å². The molecule has 1 aromatic rings. The summed E-state index contributed by atoms with van der Waals surface area (Å²) in [5.74, 6) is 0. The molecule has 0 fully saturated rings. The standard InChI is InChI=1S/C26H31N2/c1-20(24-15-7-11-22-9-3-5-14-26(22)24)28-17-16-27(19-28)18-23-12-6-10-21-8-2-4-13-25(21)23/h5-6,8,10-14,19-20H,2-4,7,9,15-18H2,1H3/q+1. The van der Waals surface area contributed by atoms with Gasteiger partial charge in [0.1, 0.15) is 25.7 Å². The first-order chi connectivity index (χ1) is 13.8. The molecular formula is C26H31N2+. The van der Waals surface area contributed by atoms with Crippen LogP contribution in [-0.4, -0.2) is 34.9 Å². The van der Waals surface area contributed by atoms with Gasteiger partial charge < -0.3 is 0 Å². The van der Waals surface area contributed by atoms with Crippen LogP contribution < -0.4 is 10.4 Å². The molecule has 2 nitrogen and oxygen atoms in total. The van der Waals surface area contributed by atoms with Crippen LogP contribution in [0.2, 0.25) is 0 Å². The summed E-state index contributed by atoms with van der Waals surface area (Å²) >= 11 is 0. The molecule has 0 radical (unpaired) electrons. The Morgan fingerprint density at radius 2 is 1.96 bits per heavy atom. The number of benzene rings is 1. The molecule has 5 rings (SSSR count). The van der Waals surface area contributed by atoms with Crippen molar-refractivity contribution in [3.8, 4) is 0 Å². The molecule has 1 unspecified atom stereocenters. The van der Waals surface area contributed by atoms with Crippen LogP contribution in [-0.2, 0) is 6.54 Å². The smallest absolute Gasteiger partial charge is 0.235 e. The fraction of sp³-hybridized carbons (Fsp3) is 0.423. The largest absolute Gasteiger partial charge is 0.260 e. The highest BCUT2D eigenvalue weighted by Crippen LogP contribution is 2.35. The van der Waals surface area contributed by atoms with Gasteiger partial charge in [0.25, 0.3) is 0 Å². The average molecular weight is 372 g/mol. The van der Waals surface area contributed by atoms with Gasteiger partial charge in [-0.2, -0.15) is 0 Å². The highest BCUT2D eigenvalue weighted by molar-refractivity contribution is 5.55. The number of nitrogens with zero attached hydrogens (tertiary/aromatic N) is 2. The van der Waals surface area contributed by atoms with E-state index in [1.807, 2.05) is 0 Å². The van der Waals surface area contributed by atoms with Crippen molar-refractivity contribution in [2.45, 2.75) is 58.0 Å². The molecule has 1 aliphatic heterocycles. The minimum Gasteiger partial charge on any atom is -0.260 e. The summed E-state index contributed by atoms with van der Waals surface area (Å²) in [6.07, 6.45) is 21.7. The third-order valence-corrected chi connectivity index (χ3v) is 6.80. The Bertz CT molecular complexity index is 1020. The number of fused-ring (bicyclic) bond motifs is 2. The molecule has 0 saturated carbocycles. The monoisotopic (exact) mass is 371 g/mol. The molecule has 1 heterocycles. The van der Waals surface area contributed by atoms with Gasteiger partial charge in [-0.1, -0.05) is 48.6 Å². The number of hydrogen-bond donors (Lipinski definition) is 0. The molecule has 1 atom stereocenters. The van der Waals surface area contributed by atoms with Crippen molar-refractivity contribution in [1.82, 2.24) is 4.90 Å². The second-order valence-electron chi connectivity index (χ2n) is 8.55. The summed E-state index contributed by atoms with van der Waals surface area (Å²) < 4.78 is 2.51. The van der Waals surface area contributed by atoms with Crippen molar-refractivity contribution in [3.63, 3.8) is 0 Å². The number of rotatable bonds is 4. The van der Waals surface area contributed by atoms with Gasteiger partial charge >= 0.3 is 0 Å². The summed E-state index contributed by atoms with van der Waals surface area (Å²) in [5.41, 5.74) is 6.25. The van der Waals surface area contributed by atoms with Crippen molar-refractivity contribution >= 4 is 18.5 Å². The minimum atomic E-state index is 0.496. The maximum atomic E-state index is 2.57. The third-order valence-electron chi connectivity index (χ3n) is 6.80. The normalized spacial score (nSPS) is 22.0. The molecule has 4 aliphatic rings. The van der Waals surface area contributed by atoms with Gasteiger partial charge in [0.2, 0.25) is 6.34 Å². The molecule has 0 spiro atoms. The summed E-state index contributed by atoms with van der Waals surface area (Å²) in [4.78, 5) is 2.57. The summed E-state index contributed by atoms with van der Waals surface area (Å²) in [6.45, 7) is 5.68. The second-order valence-corrected chi connectivity index (χ2v) is 8.55. The van der Waals surface area contributed by atoms with Crippen LogP contribution in [0.4, 0.5) is 0 Å². The molecule has 28 heavy (non-hydrogen) atoms. The third kappa shape index (κ3) is 3.30. The Balaban J connectivity index is 1.38. The second kappa shape index (κ2) is 7.58. The summed E-state index contributed by atoms with van der Waals surface area (Å²) in [6, 6.07) is 7.29. The predicted octanol–water partition coefficient (Wildman–Crippen LogP) is 3.65. The highest BCUT2D eigenvalue weighted by Gasteiger charge is 2.30. The van der Waals surface area contributed by atoms with Gasteiger partial charge in [-0.15, -0.1) is 0 Å². The molecule has 144 valence electrons. The Kier molecular flexibility index (Phi) is 4.80. The Hall–Kier alpha value is -2.35. The van der Waals surface area contributed by atoms with E-state index in [2.05, 4.69) is 71.3 Å². The Labute approximate surface area is 168 Å². The SMILES string of the molecule is CC(C1=C2C=CCCC2=CCC1)N1C=[N+](Cc2cccc3c2=CCCC=3)CC1. The quantitative estimate of drug-likeness (QED) is 0.732. The number of allylic oxidation sites excluding steroid dienone is 5. The van der Waals surface area contributed by atoms with E-state index in [0.29, 0.717) is 6.04 Å². The molecule has 2 heteroatoms. The Morgan fingerprint density at radius 1 is 1.04 bits per heavy atom. The lowest BCUT2D eigenvalue weighted by Gasteiger charge is -2.27. The van der Waals surface area contributed by atoms with E-state index >= 15 is 0 Å². The van der Waals surface area contributed by atoms with Crippen molar-refractivity contribution in [3.05, 3.63) is 69.1 Å². The van der Waals surface area contributed by atoms with Crippen LogP contribution in [0.25, 0.3) is 12.2 Å². The predicted molar refractivity (Wildman–Crippen MR) is 118 cm³/mol. The van der Waals surface area contributed by atoms with Crippen LogP contribution >= 0.6 is 0 Å². The highest BCUT2D eigenvalue weighted by atomic mass is 15.3. The lowest BCUT2D eigenvalue weighted by atomic mass is 9.82. The van der Waals surface area contributed by atoms with Gasteiger partial charge in [0, 0.05) is 5.56 Å². The number of hydrogen-bond acceptors (Lipinski definition) is 1. The van der Waals surface area contributed by atoms with E-state index in [-0.39, 0.29) is 0 Å². The molecule has 3 aliphatic carbocycles. The van der Waals surface area contributed by atoms with Crippen molar-refractivity contribution in [1.29, 1.82) is 0 Å². The maximum Gasteiger partial charge on any atom is 0.235 e. The lowest BCUT2D eigenvalue weighted by molar-refractivity contribution is -0.530. The fourth-order valence-electron chi connectivity index (χ4n) is 5.24. The van der Waals surface area contributed by atoms with Crippen molar-refractivity contribution in [2.24, 2.45) is 0 Å². The first-order valence-electron chi connectivity index (χ1n) is 11.0. The van der Waals surface area contributed by atoms with E-state index in [1.54, 1.807) is 16.7 Å².